The molecule has 1 saturated heterocycles. The second-order valence-electron chi connectivity index (χ2n) is 16.9. The first-order valence-electron chi connectivity index (χ1n) is 21.4. The van der Waals surface area contributed by atoms with Gasteiger partial charge in [0.25, 0.3) is 5.91 Å². The number of hydrogen-bond donors (Lipinski definition) is 12. The molecule has 3 aliphatic rings. The lowest BCUT2D eigenvalue weighted by molar-refractivity contribution is -0.144. The number of H-pyrrole nitrogens is 1. The normalized spacial score (nSPS) is 27.2. The van der Waals surface area contributed by atoms with Gasteiger partial charge in [-0.05, 0) is 31.4 Å². The molecule has 0 saturated carbocycles. The number of urea groups is 1. The summed E-state index contributed by atoms with van der Waals surface area (Å²) in [7, 11) is 0. The van der Waals surface area contributed by atoms with Crippen molar-refractivity contribution in [3.8, 4) is 0 Å². The van der Waals surface area contributed by atoms with Crippen molar-refractivity contribution < 1.29 is 58.5 Å². The summed E-state index contributed by atoms with van der Waals surface area (Å²) in [6.07, 6.45) is -3.91. The van der Waals surface area contributed by atoms with Gasteiger partial charge in [-0.15, -0.1) is 11.8 Å². The number of primary amides is 1. The van der Waals surface area contributed by atoms with E-state index in [-0.39, 0.29) is 18.6 Å². The van der Waals surface area contributed by atoms with Crippen molar-refractivity contribution in [1.82, 2.24) is 52.2 Å². The van der Waals surface area contributed by atoms with Gasteiger partial charge < -0.3 is 62.8 Å². The van der Waals surface area contributed by atoms with Crippen molar-refractivity contribution in [2.75, 3.05) is 25.4 Å². The van der Waals surface area contributed by atoms with Crippen LogP contribution in [-0.4, -0.2) is 163 Å². The minimum atomic E-state index is -1.74. The molecule has 2 bridgehead atoms. The molecule has 1 fully saturated rings. The van der Waals surface area contributed by atoms with E-state index in [0.29, 0.717) is 27.9 Å². The summed E-state index contributed by atoms with van der Waals surface area (Å²) >= 11 is 1.02. The van der Waals surface area contributed by atoms with Gasteiger partial charge in [0, 0.05) is 48.0 Å². The highest BCUT2D eigenvalue weighted by molar-refractivity contribution is 7.99. The average Bonchev–Trinajstić information content (AvgIpc) is 3.83. The number of hydrazine groups is 1. The summed E-state index contributed by atoms with van der Waals surface area (Å²) in [6.45, 7) is 6.01. The second-order valence-corrected chi connectivity index (χ2v) is 17.9. The van der Waals surface area contributed by atoms with Gasteiger partial charge in [0.15, 0.2) is 0 Å². The van der Waals surface area contributed by atoms with Crippen LogP contribution in [0.1, 0.15) is 59.4 Å². The zero-order valence-corrected chi connectivity index (χ0v) is 37.5. The topological polar surface area (TPSA) is 347 Å². The molecule has 0 aliphatic carbocycles. The van der Waals surface area contributed by atoms with Gasteiger partial charge in [0.1, 0.15) is 36.3 Å². The van der Waals surface area contributed by atoms with Gasteiger partial charge >= 0.3 is 6.03 Å². The molecule has 0 radical (unpaired) electrons. The fourth-order valence-corrected chi connectivity index (χ4v) is 8.93. The number of para-hydroxylation sites is 1. The Hall–Kier alpha value is -5.98. The maximum Gasteiger partial charge on any atom is 0.337 e. The number of aromatic nitrogens is 1. The summed E-state index contributed by atoms with van der Waals surface area (Å²) in [5.74, 6) is -9.55. The van der Waals surface area contributed by atoms with Crippen LogP contribution in [0, 0.1) is 11.8 Å². The number of aliphatic hydroxyl groups is 3. The molecule has 10 amide bonds. The van der Waals surface area contributed by atoms with Crippen LogP contribution in [0.15, 0.2) is 29.3 Å². The first-order chi connectivity index (χ1) is 30.7. The molecule has 10 atom stereocenters. The van der Waals surface area contributed by atoms with Gasteiger partial charge in [0.2, 0.25) is 41.4 Å². The number of fused-ring (bicyclic) bond motifs is 5. The molecule has 3 aliphatic heterocycles. The van der Waals surface area contributed by atoms with Crippen LogP contribution in [0.4, 0.5) is 4.79 Å². The minimum absolute atomic E-state index is 0.275. The van der Waals surface area contributed by atoms with E-state index in [1.165, 1.54) is 6.92 Å². The smallest absolute Gasteiger partial charge is 0.337 e. The maximum atomic E-state index is 14.5. The largest absolute Gasteiger partial charge is 0.394 e. The number of benzene rings is 1. The number of aliphatic hydroxyl groups excluding tert-OH is 3. The molecule has 356 valence electrons. The molecule has 0 unspecified atom stereocenters. The predicted octanol–water partition coefficient (Wildman–Crippen LogP) is -3.42. The predicted molar refractivity (Wildman–Crippen MR) is 233 cm³/mol. The number of rotatable bonds is 8. The number of amides is 10. The number of carbonyl (C=O) groups is 9. The van der Waals surface area contributed by atoms with Crippen LogP contribution in [-0.2, 0) is 44.8 Å². The Balaban J connectivity index is 1.73. The van der Waals surface area contributed by atoms with E-state index in [1.807, 2.05) is 0 Å². The van der Waals surface area contributed by atoms with Crippen molar-refractivity contribution in [1.29, 1.82) is 0 Å². The van der Waals surface area contributed by atoms with Gasteiger partial charge in [0.05, 0.1) is 36.8 Å². The van der Waals surface area contributed by atoms with E-state index >= 15 is 0 Å². The van der Waals surface area contributed by atoms with Crippen LogP contribution in [0.3, 0.4) is 0 Å². The third-order valence-electron chi connectivity index (χ3n) is 11.8. The lowest BCUT2D eigenvalue weighted by atomic mass is 9.93. The Kier molecular flexibility index (Phi) is 16.8. The Morgan fingerprint density at radius 1 is 0.877 bits per heavy atom. The Morgan fingerprint density at radius 3 is 2.25 bits per heavy atom. The zero-order chi connectivity index (χ0) is 47.9. The lowest BCUT2D eigenvalue weighted by Gasteiger charge is -2.33. The van der Waals surface area contributed by atoms with Crippen molar-refractivity contribution >= 4 is 76.0 Å². The number of nitrogens with one attached hydrogen (secondary N) is 8. The Labute approximate surface area is 378 Å². The van der Waals surface area contributed by atoms with E-state index in [1.54, 1.807) is 52.0 Å². The lowest BCUT2D eigenvalue weighted by Crippen LogP contribution is -2.64. The quantitative estimate of drug-likeness (QED) is 0.123. The Morgan fingerprint density at radius 2 is 1.58 bits per heavy atom. The second kappa shape index (κ2) is 21.8. The number of carbonyl (C=O) groups excluding carboxylic acids is 9. The highest BCUT2D eigenvalue weighted by Gasteiger charge is 2.45. The summed E-state index contributed by atoms with van der Waals surface area (Å²) < 4.78 is 0. The van der Waals surface area contributed by atoms with E-state index in [4.69, 9.17) is 5.73 Å². The van der Waals surface area contributed by atoms with Crippen LogP contribution in [0.2, 0.25) is 0 Å². The molecule has 24 heteroatoms. The Bertz CT molecular complexity index is 2150. The molecule has 65 heavy (non-hydrogen) atoms. The number of aromatic amines is 1. The van der Waals surface area contributed by atoms with Crippen molar-refractivity contribution in [2.24, 2.45) is 17.6 Å². The molecule has 0 spiro atoms. The minimum Gasteiger partial charge on any atom is -0.394 e. The highest BCUT2D eigenvalue weighted by atomic mass is 32.2. The third kappa shape index (κ3) is 12.0. The molecule has 5 rings (SSSR count). The van der Waals surface area contributed by atoms with Gasteiger partial charge in [-0.1, -0.05) is 45.4 Å². The van der Waals surface area contributed by atoms with Gasteiger partial charge in [-0.2, -0.15) is 0 Å². The van der Waals surface area contributed by atoms with E-state index in [2.05, 4.69) is 42.3 Å². The molecule has 1 aromatic heterocycles. The van der Waals surface area contributed by atoms with Crippen molar-refractivity contribution in [2.45, 2.75) is 120 Å². The van der Waals surface area contributed by atoms with E-state index in [0.717, 1.165) is 21.7 Å². The standard InChI is InChI=1S/C41H59N11O12S/c1-6-19(4)32-38(62)50-52(18(2)3)41(64)47-27-17-65-39-23(22-9-7-8-10-24(22)46-39)12-25(34(58)43-14-31(57)48-32)44-37(61)33(20(5)29(55)16-53)49-36(60)28-11-21(54)15-51(28)40(63)26(13-30(42)56)45-35(27)59/h7-10,18-21,25-29,32-33,46,53-55H,6,11-17H2,1-5H3,(H2,42,56)(H,43,58)(H,44,61)(H,45,59)(H,47,64)(H,48,57)(H,49,60)(H,50,62)/t19-,20-,21+,25-,26-,27-,28-,29-,32-,33-/m0/s1. The van der Waals surface area contributed by atoms with Gasteiger partial charge in [-0.3, -0.25) is 43.8 Å². The van der Waals surface area contributed by atoms with Crippen molar-refractivity contribution in [3.63, 3.8) is 0 Å². The van der Waals surface area contributed by atoms with E-state index < -0.39 is 146 Å². The number of nitrogens with two attached hydrogens (primary N) is 1. The molecule has 13 N–H and O–H groups in total. The summed E-state index contributed by atoms with van der Waals surface area (Å²) in [5.41, 5.74) is 9.10. The molecular formula is C41H59N11O12S. The van der Waals surface area contributed by atoms with Crippen LogP contribution < -0.4 is 43.1 Å². The number of thioether (sulfide) groups is 1. The van der Waals surface area contributed by atoms with Gasteiger partial charge in [-0.25, -0.2) is 9.80 Å². The average molecular weight is 930 g/mol. The highest BCUT2D eigenvalue weighted by Crippen LogP contribution is 2.32. The van der Waals surface area contributed by atoms with Crippen LogP contribution in [0.5, 0.6) is 0 Å². The number of nitrogens with zero attached hydrogens (tertiary/aromatic N) is 2. The number of hydrogen-bond acceptors (Lipinski definition) is 13. The molecule has 2 aromatic rings. The summed E-state index contributed by atoms with van der Waals surface area (Å²) in [4.78, 5) is 130. The summed E-state index contributed by atoms with van der Waals surface area (Å²) in [6, 6.07) is -4.00. The first-order valence-corrected chi connectivity index (χ1v) is 22.4. The fraction of sp³-hybridized carbons (Fsp3) is 0.585. The maximum absolute atomic E-state index is 14.5. The molecular weight excluding hydrogens is 871 g/mol. The first kappa shape index (κ1) is 50.0. The molecule has 4 heterocycles. The van der Waals surface area contributed by atoms with Crippen molar-refractivity contribution in [3.05, 3.63) is 29.8 Å². The zero-order valence-electron chi connectivity index (χ0n) is 36.7. The van der Waals surface area contributed by atoms with E-state index in [9.17, 15) is 58.5 Å². The van der Waals surface area contributed by atoms with Crippen LogP contribution in [0.25, 0.3) is 10.9 Å². The monoisotopic (exact) mass is 929 g/mol. The molecule has 23 nitrogen and oxygen atoms in total. The van der Waals surface area contributed by atoms with Crippen LogP contribution >= 0.6 is 11.8 Å². The summed E-state index contributed by atoms with van der Waals surface area (Å²) in [5, 5.41) is 48.7. The molecule has 1 aromatic carbocycles. The third-order valence-corrected chi connectivity index (χ3v) is 12.9. The fourth-order valence-electron chi connectivity index (χ4n) is 7.82. The SMILES string of the molecule is CC[C@H](C)[C@@H]1NC(=O)CNC(=O)[C@@H]2Cc3c([nH]c4ccccc34)SC[C@H](NC(=O)N(C(C)C)NC1=O)C(=O)N[C@@H](CC(N)=O)C(=O)N1C[C@H](O)C[C@H]1C(=O)N[C@@H]([C@@H](C)[C@@H](O)CO)C(=O)N2.